The largest absolute Gasteiger partial charge is 0.326 e. The van der Waals surface area contributed by atoms with Gasteiger partial charge in [0, 0.05) is 23.1 Å². The summed E-state index contributed by atoms with van der Waals surface area (Å²) < 4.78 is 0. The van der Waals surface area contributed by atoms with Gasteiger partial charge in [0.05, 0.1) is 0 Å². The molecular weight excluding hydrogens is 190 g/mol. The predicted octanol–water partition coefficient (Wildman–Crippen LogP) is 2.44. The van der Waals surface area contributed by atoms with Gasteiger partial charge >= 0.3 is 0 Å². The summed E-state index contributed by atoms with van der Waals surface area (Å²) in [6, 6.07) is 8.51. The van der Waals surface area contributed by atoms with E-state index in [9.17, 15) is 0 Å². The Morgan fingerprint density at radius 3 is 3.00 bits per heavy atom. The van der Waals surface area contributed by atoms with Gasteiger partial charge < -0.3 is 5.73 Å². The molecule has 0 saturated heterocycles. The van der Waals surface area contributed by atoms with Gasteiger partial charge in [-0.05, 0) is 19.1 Å². The predicted molar refractivity (Wildman–Crippen MR) is 63.3 cm³/mol. The first kappa shape index (κ1) is 11.2. The molecule has 0 fully saturated rings. The molecule has 0 amide bonds. The molecule has 1 rings (SSSR count). The molecule has 0 aliphatic carbocycles. The number of benzene rings is 1. The van der Waals surface area contributed by atoms with E-state index in [1.54, 1.807) is 11.8 Å². The second-order valence-electron chi connectivity index (χ2n) is 3.30. The van der Waals surface area contributed by atoms with Crippen LogP contribution in [0.3, 0.4) is 0 Å². The highest BCUT2D eigenvalue weighted by Gasteiger charge is 2.01. The summed E-state index contributed by atoms with van der Waals surface area (Å²) in [4.78, 5) is 1.26. The monoisotopic (exact) mass is 205 g/mol. The van der Waals surface area contributed by atoms with Crippen LogP contribution in [0, 0.1) is 19.3 Å². The summed E-state index contributed by atoms with van der Waals surface area (Å²) >= 11 is 1.76. The Hall–Kier alpha value is -0.910. The molecule has 1 aromatic carbocycles. The van der Waals surface area contributed by atoms with Crippen LogP contribution in [-0.4, -0.2) is 11.8 Å². The first-order chi connectivity index (χ1) is 6.72. The van der Waals surface area contributed by atoms with Gasteiger partial charge in [0.15, 0.2) is 0 Å². The lowest BCUT2D eigenvalue weighted by molar-refractivity contribution is 0.782. The van der Waals surface area contributed by atoms with E-state index in [4.69, 9.17) is 12.2 Å². The van der Waals surface area contributed by atoms with E-state index >= 15 is 0 Å². The van der Waals surface area contributed by atoms with Crippen molar-refractivity contribution >= 4 is 11.8 Å². The molecule has 0 aliphatic heterocycles. The van der Waals surface area contributed by atoms with Gasteiger partial charge in [-0.3, -0.25) is 0 Å². The SMILES string of the molecule is C#CCC(N)CSc1cccc(C)c1. The number of hydrogen-bond donors (Lipinski definition) is 1. The third-order valence-corrected chi connectivity index (χ3v) is 3.02. The molecule has 2 N–H and O–H groups in total. The molecule has 1 unspecified atom stereocenters. The standard InChI is InChI=1S/C12H15NS/c1-3-5-11(13)9-14-12-7-4-6-10(2)8-12/h1,4,6-8,11H,5,9,13H2,2H3. The minimum atomic E-state index is 0.102. The van der Waals surface area contributed by atoms with E-state index in [-0.39, 0.29) is 6.04 Å². The zero-order valence-electron chi connectivity index (χ0n) is 8.36. The summed E-state index contributed by atoms with van der Waals surface area (Å²) in [5.74, 6) is 3.46. The van der Waals surface area contributed by atoms with Gasteiger partial charge in [0.1, 0.15) is 0 Å². The minimum absolute atomic E-state index is 0.102. The fourth-order valence-electron chi connectivity index (χ4n) is 1.12. The van der Waals surface area contributed by atoms with Crippen LogP contribution in [0.4, 0.5) is 0 Å². The van der Waals surface area contributed by atoms with Crippen LogP contribution in [0.5, 0.6) is 0 Å². The van der Waals surface area contributed by atoms with E-state index in [2.05, 4.69) is 37.1 Å². The molecule has 0 aliphatic rings. The zero-order valence-corrected chi connectivity index (χ0v) is 9.18. The second-order valence-corrected chi connectivity index (χ2v) is 4.39. The summed E-state index contributed by atoms with van der Waals surface area (Å²) in [5.41, 5.74) is 7.09. The normalized spacial score (nSPS) is 12.1. The second kappa shape index (κ2) is 5.74. The lowest BCUT2D eigenvalue weighted by Crippen LogP contribution is -2.21. The van der Waals surface area contributed by atoms with Crippen molar-refractivity contribution in [3.8, 4) is 12.3 Å². The Bertz CT molecular complexity index is 327. The Kier molecular flexibility index (Phi) is 4.58. The third-order valence-electron chi connectivity index (χ3n) is 1.83. The Labute approximate surface area is 90.1 Å². The topological polar surface area (TPSA) is 26.0 Å². The quantitative estimate of drug-likeness (QED) is 0.603. The molecule has 0 spiro atoms. The van der Waals surface area contributed by atoms with Crippen LogP contribution in [-0.2, 0) is 0 Å². The van der Waals surface area contributed by atoms with E-state index in [1.165, 1.54) is 10.5 Å². The molecule has 1 nitrogen and oxygen atoms in total. The van der Waals surface area contributed by atoms with Crippen LogP contribution in [0.25, 0.3) is 0 Å². The van der Waals surface area contributed by atoms with Crippen LogP contribution in [0.2, 0.25) is 0 Å². The smallest absolute Gasteiger partial charge is 0.0246 e. The van der Waals surface area contributed by atoms with Crippen LogP contribution >= 0.6 is 11.8 Å². The number of thioether (sulfide) groups is 1. The minimum Gasteiger partial charge on any atom is -0.326 e. The maximum atomic E-state index is 5.81. The number of nitrogens with two attached hydrogens (primary N) is 1. The van der Waals surface area contributed by atoms with Gasteiger partial charge in [-0.1, -0.05) is 17.7 Å². The fourth-order valence-corrected chi connectivity index (χ4v) is 2.09. The number of rotatable bonds is 4. The van der Waals surface area contributed by atoms with Gasteiger partial charge in [0.2, 0.25) is 0 Å². The van der Waals surface area contributed by atoms with Crippen molar-refractivity contribution in [2.45, 2.75) is 24.3 Å². The molecular formula is C12H15NS. The number of hydrogen-bond acceptors (Lipinski definition) is 2. The van der Waals surface area contributed by atoms with Crippen molar-refractivity contribution in [2.75, 3.05) is 5.75 Å². The fraction of sp³-hybridized carbons (Fsp3) is 0.333. The number of aryl methyl sites for hydroxylation is 1. The van der Waals surface area contributed by atoms with Crippen LogP contribution in [0.1, 0.15) is 12.0 Å². The average molecular weight is 205 g/mol. The third kappa shape index (κ3) is 3.87. The molecule has 74 valence electrons. The highest BCUT2D eigenvalue weighted by atomic mass is 32.2. The van der Waals surface area contributed by atoms with Crippen LogP contribution in [0.15, 0.2) is 29.2 Å². The molecule has 0 aromatic heterocycles. The highest BCUT2D eigenvalue weighted by Crippen LogP contribution is 2.19. The van der Waals surface area contributed by atoms with E-state index < -0.39 is 0 Å². The Morgan fingerprint density at radius 1 is 1.57 bits per heavy atom. The summed E-state index contributed by atoms with van der Waals surface area (Å²) in [6.07, 6.45) is 5.83. The molecule has 14 heavy (non-hydrogen) atoms. The first-order valence-corrected chi connectivity index (χ1v) is 5.59. The molecule has 0 heterocycles. The van der Waals surface area contributed by atoms with Crippen molar-refractivity contribution in [3.63, 3.8) is 0 Å². The lowest BCUT2D eigenvalue weighted by atomic mass is 10.2. The van der Waals surface area contributed by atoms with Gasteiger partial charge in [-0.2, -0.15) is 0 Å². The van der Waals surface area contributed by atoms with E-state index in [0.717, 1.165) is 5.75 Å². The molecule has 0 radical (unpaired) electrons. The molecule has 0 saturated carbocycles. The van der Waals surface area contributed by atoms with Crippen molar-refractivity contribution < 1.29 is 0 Å². The van der Waals surface area contributed by atoms with Crippen molar-refractivity contribution in [1.29, 1.82) is 0 Å². The van der Waals surface area contributed by atoms with Crippen molar-refractivity contribution in [2.24, 2.45) is 5.73 Å². The summed E-state index contributed by atoms with van der Waals surface area (Å²) in [5, 5.41) is 0. The van der Waals surface area contributed by atoms with Crippen molar-refractivity contribution in [1.82, 2.24) is 0 Å². The van der Waals surface area contributed by atoms with Gasteiger partial charge in [0.25, 0.3) is 0 Å². The Morgan fingerprint density at radius 2 is 2.36 bits per heavy atom. The summed E-state index contributed by atoms with van der Waals surface area (Å²) in [6.45, 7) is 2.09. The maximum absolute atomic E-state index is 5.81. The maximum Gasteiger partial charge on any atom is 0.0246 e. The summed E-state index contributed by atoms with van der Waals surface area (Å²) in [7, 11) is 0. The number of terminal acetylenes is 1. The molecule has 1 atom stereocenters. The average Bonchev–Trinajstić information content (AvgIpc) is 2.15. The van der Waals surface area contributed by atoms with Crippen molar-refractivity contribution in [3.05, 3.63) is 29.8 Å². The molecule has 0 bridgehead atoms. The lowest BCUT2D eigenvalue weighted by Gasteiger charge is -2.07. The van der Waals surface area contributed by atoms with Gasteiger partial charge in [-0.25, -0.2) is 0 Å². The molecule has 2 heteroatoms. The van der Waals surface area contributed by atoms with Gasteiger partial charge in [-0.15, -0.1) is 24.1 Å². The highest BCUT2D eigenvalue weighted by molar-refractivity contribution is 7.99. The van der Waals surface area contributed by atoms with Crippen LogP contribution < -0.4 is 5.73 Å². The van der Waals surface area contributed by atoms with E-state index in [0.29, 0.717) is 6.42 Å². The zero-order chi connectivity index (χ0) is 10.4. The Balaban J connectivity index is 2.42. The molecule has 1 aromatic rings. The first-order valence-electron chi connectivity index (χ1n) is 4.61. The van der Waals surface area contributed by atoms with E-state index in [1.807, 2.05) is 0 Å².